The zero-order valence-electron chi connectivity index (χ0n) is 17.3. The van der Waals surface area contributed by atoms with Gasteiger partial charge in [-0.1, -0.05) is 44.2 Å². The number of rotatable bonds is 3. The minimum Gasteiger partial charge on any atom is -0.497 e. The number of aromatic nitrogens is 1. The summed E-state index contributed by atoms with van der Waals surface area (Å²) in [5.74, 6) is 1.06. The summed E-state index contributed by atoms with van der Waals surface area (Å²) in [5, 5.41) is 0. The Morgan fingerprint density at radius 1 is 0.929 bits per heavy atom. The van der Waals surface area contributed by atoms with Gasteiger partial charge in [-0.2, -0.15) is 0 Å². The molecule has 0 amide bonds. The predicted octanol–water partition coefficient (Wildman–Crippen LogP) is 5.92. The summed E-state index contributed by atoms with van der Waals surface area (Å²) in [5.41, 5.74) is 7.60. The van der Waals surface area contributed by atoms with E-state index >= 15 is 0 Å². The Balaban J connectivity index is 2.03. The molecular weight excluding hydrogens is 346 g/mol. The maximum Gasteiger partial charge on any atom is 0.165 e. The summed E-state index contributed by atoms with van der Waals surface area (Å²) < 4.78 is 7.62. The van der Waals surface area contributed by atoms with Gasteiger partial charge in [-0.3, -0.25) is 4.79 Å². The lowest BCUT2D eigenvalue weighted by Crippen LogP contribution is -2.28. The van der Waals surface area contributed by atoms with E-state index in [0.29, 0.717) is 6.42 Å². The topological polar surface area (TPSA) is 31.2 Å². The molecule has 3 heteroatoms. The number of hydrogen-bond donors (Lipinski definition) is 0. The largest absolute Gasteiger partial charge is 0.497 e. The Kier molecular flexibility index (Phi) is 4.41. The molecule has 28 heavy (non-hydrogen) atoms. The van der Waals surface area contributed by atoms with Crippen LogP contribution in [0.3, 0.4) is 0 Å². The Labute approximate surface area is 167 Å². The molecule has 2 aromatic carbocycles. The number of carbonyl (C=O) groups excluding carboxylic acids is 1. The predicted molar refractivity (Wildman–Crippen MR) is 114 cm³/mol. The number of carbonyl (C=O) groups is 1. The molecule has 3 nitrogen and oxygen atoms in total. The minimum atomic E-state index is -0.0352. The molecule has 1 aromatic heterocycles. The second-order valence-corrected chi connectivity index (χ2v) is 8.57. The van der Waals surface area contributed by atoms with Crippen LogP contribution in [-0.4, -0.2) is 17.5 Å². The molecule has 1 heterocycles. The molecule has 0 aliphatic heterocycles. The van der Waals surface area contributed by atoms with Gasteiger partial charge in [-0.25, -0.2) is 0 Å². The Morgan fingerprint density at radius 2 is 1.61 bits per heavy atom. The molecule has 1 aliphatic carbocycles. The lowest BCUT2D eigenvalue weighted by atomic mass is 9.75. The Bertz CT molecular complexity index is 1050. The van der Waals surface area contributed by atoms with Crippen molar-refractivity contribution in [2.45, 2.75) is 40.5 Å². The van der Waals surface area contributed by atoms with Gasteiger partial charge >= 0.3 is 0 Å². The van der Waals surface area contributed by atoms with E-state index in [0.717, 1.165) is 45.9 Å². The van der Waals surface area contributed by atoms with Crippen LogP contribution in [0, 0.1) is 19.3 Å². The van der Waals surface area contributed by atoms with E-state index in [9.17, 15) is 4.79 Å². The van der Waals surface area contributed by atoms with Crippen LogP contribution >= 0.6 is 0 Å². The Morgan fingerprint density at radius 3 is 2.25 bits per heavy atom. The summed E-state index contributed by atoms with van der Waals surface area (Å²) in [7, 11) is 1.67. The summed E-state index contributed by atoms with van der Waals surface area (Å²) in [6.45, 7) is 8.63. The fourth-order valence-electron chi connectivity index (χ4n) is 4.51. The van der Waals surface area contributed by atoms with Crippen molar-refractivity contribution in [2.75, 3.05) is 7.11 Å². The lowest BCUT2D eigenvalue weighted by Gasteiger charge is -2.30. The third-order valence-electron chi connectivity index (χ3n) is 5.80. The van der Waals surface area contributed by atoms with Crippen LogP contribution in [0.5, 0.6) is 5.75 Å². The standard InChI is InChI=1S/C25H27NO2/c1-16-8-6-7-9-20(16)26-17(2)23(18-10-12-19(28-5)13-11-18)24-21(26)14-25(3,4)15-22(24)27/h6-13H,14-15H2,1-5H3. The van der Waals surface area contributed by atoms with Gasteiger partial charge in [-0.15, -0.1) is 0 Å². The van der Waals surface area contributed by atoms with Crippen LogP contribution in [0.4, 0.5) is 0 Å². The lowest BCUT2D eigenvalue weighted by molar-refractivity contribution is 0.0911. The van der Waals surface area contributed by atoms with E-state index in [-0.39, 0.29) is 11.2 Å². The van der Waals surface area contributed by atoms with Gasteiger partial charge in [0, 0.05) is 34.6 Å². The van der Waals surface area contributed by atoms with E-state index in [2.05, 4.69) is 68.7 Å². The van der Waals surface area contributed by atoms with Crippen LogP contribution in [0.15, 0.2) is 48.5 Å². The number of aryl methyl sites for hydroxylation is 1. The van der Waals surface area contributed by atoms with Crippen LogP contribution in [0.1, 0.15) is 47.6 Å². The highest BCUT2D eigenvalue weighted by Crippen LogP contribution is 2.44. The zero-order valence-corrected chi connectivity index (χ0v) is 17.3. The van der Waals surface area contributed by atoms with Crippen LogP contribution in [0.2, 0.25) is 0 Å². The third kappa shape index (κ3) is 2.95. The van der Waals surface area contributed by atoms with Crippen molar-refractivity contribution in [1.82, 2.24) is 4.57 Å². The molecule has 0 unspecified atom stereocenters. The maximum absolute atomic E-state index is 13.3. The van der Waals surface area contributed by atoms with Crippen molar-refractivity contribution >= 4 is 5.78 Å². The van der Waals surface area contributed by atoms with Crippen molar-refractivity contribution in [1.29, 1.82) is 0 Å². The molecule has 0 fully saturated rings. The highest BCUT2D eigenvalue weighted by atomic mass is 16.5. The SMILES string of the molecule is COc1ccc(-c2c3c(n(-c4ccccc4C)c2C)CC(C)(C)CC3=O)cc1. The monoisotopic (exact) mass is 373 g/mol. The number of fused-ring (bicyclic) bond motifs is 1. The van der Waals surface area contributed by atoms with Crippen molar-refractivity contribution in [3.63, 3.8) is 0 Å². The van der Waals surface area contributed by atoms with Gasteiger partial charge < -0.3 is 9.30 Å². The van der Waals surface area contributed by atoms with Gasteiger partial charge in [0.1, 0.15) is 5.75 Å². The number of hydrogen-bond acceptors (Lipinski definition) is 2. The quantitative estimate of drug-likeness (QED) is 0.570. The smallest absolute Gasteiger partial charge is 0.165 e. The fraction of sp³-hybridized carbons (Fsp3) is 0.320. The molecular formula is C25H27NO2. The molecule has 4 rings (SSSR count). The average molecular weight is 373 g/mol. The molecule has 0 saturated carbocycles. The molecule has 3 aromatic rings. The molecule has 0 saturated heterocycles. The van der Waals surface area contributed by atoms with E-state index in [1.165, 1.54) is 5.56 Å². The highest BCUT2D eigenvalue weighted by Gasteiger charge is 2.37. The van der Waals surface area contributed by atoms with Crippen molar-refractivity contribution in [2.24, 2.45) is 5.41 Å². The summed E-state index contributed by atoms with van der Waals surface area (Å²) in [4.78, 5) is 13.3. The summed E-state index contributed by atoms with van der Waals surface area (Å²) >= 11 is 0. The zero-order chi connectivity index (χ0) is 20.1. The van der Waals surface area contributed by atoms with Crippen molar-refractivity contribution in [3.05, 3.63) is 71.0 Å². The summed E-state index contributed by atoms with van der Waals surface area (Å²) in [6.07, 6.45) is 1.47. The van der Waals surface area contributed by atoms with Crippen LogP contribution in [-0.2, 0) is 6.42 Å². The van der Waals surface area contributed by atoms with Gasteiger partial charge in [0.15, 0.2) is 5.78 Å². The second-order valence-electron chi connectivity index (χ2n) is 8.57. The number of methoxy groups -OCH3 is 1. The molecule has 1 aliphatic rings. The molecule has 144 valence electrons. The van der Waals surface area contributed by atoms with Crippen LogP contribution < -0.4 is 4.74 Å². The first kappa shape index (κ1) is 18.5. The molecule has 0 radical (unpaired) electrons. The number of ether oxygens (including phenoxy) is 1. The number of Topliss-reactive ketones (excluding diaryl/α,β-unsaturated/α-hetero) is 1. The first-order valence-corrected chi connectivity index (χ1v) is 9.80. The molecule has 0 spiro atoms. The van der Waals surface area contributed by atoms with Crippen LogP contribution in [0.25, 0.3) is 16.8 Å². The van der Waals surface area contributed by atoms with E-state index in [1.807, 2.05) is 12.1 Å². The van der Waals surface area contributed by atoms with Crippen molar-refractivity contribution in [3.8, 4) is 22.6 Å². The first-order chi connectivity index (χ1) is 13.3. The van der Waals surface area contributed by atoms with E-state index in [1.54, 1.807) is 7.11 Å². The fourth-order valence-corrected chi connectivity index (χ4v) is 4.51. The third-order valence-corrected chi connectivity index (χ3v) is 5.80. The Hall–Kier alpha value is -2.81. The summed E-state index contributed by atoms with van der Waals surface area (Å²) in [6, 6.07) is 16.4. The molecule has 0 bridgehead atoms. The normalized spacial score (nSPS) is 15.4. The molecule has 0 atom stereocenters. The van der Waals surface area contributed by atoms with Gasteiger partial charge in [0.2, 0.25) is 0 Å². The van der Waals surface area contributed by atoms with Gasteiger partial charge in [0.05, 0.1) is 7.11 Å². The first-order valence-electron chi connectivity index (χ1n) is 9.80. The second kappa shape index (κ2) is 6.66. The van der Waals surface area contributed by atoms with E-state index in [4.69, 9.17) is 4.74 Å². The maximum atomic E-state index is 13.3. The average Bonchev–Trinajstić information content (AvgIpc) is 2.93. The van der Waals surface area contributed by atoms with Gasteiger partial charge in [0.25, 0.3) is 0 Å². The van der Waals surface area contributed by atoms with E-state index < -0.39 is 0 Å². The number of nitrogens with zero attached hydrogens (tertiary/aromatic N) is 1. The number of para-hydroxylation sites is 1. The minimum absolute atomic E-state index is 0.0352. The number of ketones is 1. The number of benzene rings is 2. The molecule has 0 N–H and O–H groups in total. The highest BCUT2D eigenvalue weighted by molar-refractivity contribution is 6.06. The van der Waals surface area contributed by atoms with Gasteiger partial charge in [-0.05, 0) is 55.0 Å². The van der Waals surface area contributed by atoms with Crippen molar-refractivity contribution < 1.29 is 9.53 Å².